The van der Waals surface area contributed by atoms with E-state index >= 15 is 0 Å². The zero-order valence-electron chi connectivity index (χ0n) is 9.79. The lowest BCUT2D eigenvalue weighted by Gasteiger charge is -2.27. The van der Waals surface area contributed by atoms with Crippen molar-refractivity contribution in [3.63, 3.8) is 0 Å². The van der Waals surface area contributed by atoms with Crippen molar-refractivity contribution in [1.82, 2.24) is 5.32 Å². The maximum absolute atomic E-state index is 6.34. The predicted molar refractivity (Wildman–Crippen MR) is 78.9 cm³/mol. The normalized spacial score (nSPS) is 18.4. The molecule has 0 radical (unpaired) electrons. The molecule has 92 valence electrons. The summed E-state index contributed by atoms with van der Waals surface area (Å²) >= 11 is 9.83. The van der Waals surface area contributed by atoms with Crippen LogP contribution in [0.4, 0.5) is 0 Å². The van der Waals surface area contributed by atoms with Crippen molar-refractivity contribution < 1.29 is 0 Å². The summed E-state index contributed by atoms with van der Waals surface area (Å²) < 4.78 is 1.05. The fourth-order valence-corrected chi connectivity index (χ4v) is 3.43. The van der Waals surface area contributed by atoms with Gasteiger partial charge < -0.3 is 5.32 Å². The van der Waals surface area contributed by atoms with Crippen molar-refractivity contribution in [3.05, 3.63) is 68.7 Å². The maximum Gasteiger partial charge on any atom is 0.0453 e. The molecule has 2 aromatic carbocycles. The summed E-state index contributed by atoms with van der Waals surface area (Å²) in [5.41, 5.74) is 3.89. The monoisotopic (exact) mass is 321 g/mol. The minimum Gasteiger partial charge on any atom is -0.306 e. The van der Waals surface area contributed by atoms with Gasteiger partial charge in [0.15, 0.2) is 0 Å². The summed E-state index contributed by atoms with van der Waals surface area (Å²) in [7, 11) is 0. The highest BCUT2D eigenvalue weighted by atomic mass is 79.9. The Balaban J connectivity index is 1.94. The zero-order chi connectivity index (χ0) is 12.5. The third-order valence-corrected chi connectivity index (χ3v) is 4.20. The quantitative estimate of drug-likeness (QED) is 0.815. The van der Waals surface area contributed by atoms with E-state index in [1.165, 1.54) is 16.7 Å². The van der Waals surface area contributed by atoms with Crippen molar-refractivity contribution in [2.75, 3.05) is 0 Å². The number of fused-ring (bicyclic) bond motifs is 1. The topological polar surface area (TPSA) is 12.0 Å². The fourth-order valence-electron chi connectivity index (χ4n) is 2.47. The van der Waals surface area contributed by atoms with Crippen LogP contribution in [0.3, 0.4) is 0 Å². The van der Waals surface area contributed by atoms with E-state index in [9.17, 15) is 0 Å². The van der Waals surface area contributed by atoms with E-state index in [1.54, 1.807) is 0 Å². The Morgan fingerprint density at radius 2 is 1.94 bits per heavy atom. The molecule has 0 fully saturated rings. The van der Waals surface area contributed by atoms with Crippen molar-refractivity contribution in [1.29, 1.82) is 0 Å². The van der Waals surface area contributed by atoms with Gasteiger partial charge in [0.25, 0.3) is 0 Å². The van der Waals surface area contributed by atoms with E-state index in [0.29, 0.717) is 6.04 Å². The number of nitrogens with one attached hydrogen (secondary N) is 1. The minimum absolute atomic E-state index is 0.359. The zero-order valence-corrected chi connectivity index (χ0v) is 12.1. The Labute approximate surface area is 120 Å². The summed E-state index contributed by atoms with van der Waals surface area (Å²) in [6.07, 6.45) is 0.950. The molecule has 1 N–H and O–H groups in total. The molecular formula is C15H13BrClN. The SMILES string of the molecule is Clc1cc(Br)cc2c1CC(c1ccccc1)NC2. The molecule has 1 nitrogen and oxygen atoms in total. The lowest BCUT2D eigenvalue weighted by atomic mass is 9.92. The molecule has 0 aromatic heterocycles. The second-order valence-electron chi connectivity index (χ2n) is 4.57. The number of benzene rings is 2. The van der Waals surface area contributed by atoms with Gasteiger partial charge in [0, 0.05) is 22.1 Å². The molecule has 0 spiro atoms. The second kappa shape index (κ2) is 5.04. The maximum atomic E-state index is 6.34. The van der Waals surface area contributed by atoms with Crippen LogP contribution in [-0.2, 0) is 13.0 Å². The van der Waals surface area contributed by atoms with Crippen molar-refractivity contribution >= 4 is 27.5 Å². The minimum atomic E-state index is 0.359. The predicted octanol–water partition coefficient (Wildman–Crippen LogP) is 4.49. The van der Waals surface area contributed by atoms with E-state index in [4.69, 9.17) is 11.6 Å². The third kappa shape index (κ3) is 2.33. The number of rotatable bonds is 1. The van der Waals surface area contributed by atoms with Crippen LogP contribution in [0.25, 0.3) is 0 Å². The van der Waals surface area contributed by atoms with E-state index in [1.807, 2.05) is 12.1 Å². The van der Waals surface area contributed by atoms with Crippen LogP contribution < -0.4 is 5.32 Å². The average Bonchev–Trinajstić information content (AvgIpc) is 2.39. The summed E-state index contributed by atoms with van der Waals surface area (Å²) in [6, 6.07) is 15.0. The number of hydrogen-bond acceptors (Lipinski definition) is 1. The Morgan fingerprint density at radius 1 is 1.17 bits per heavy atom. The van der Waals surface area contributed by atoms with Crippen LogP contribution in [0.1, 0.15) is 22.7 Å². The van der Waals surface area contributed by atoms with Crippen LogP contribution in [0, 0.1) is 0 Å². The molecule has 1 atom stereocenters. The van der Waals surface area contributed by atoms with Crippen LogP contribution in [0.2, 0.25) is 5.02 Å². The lowest BCUT2D eigenvalue weighted by molar-refractivity contribution is 0.499. The third-order valence-electron chi connectivity index (χ3n) is 3.40. The Kier molecular flexibility index (Phi) is 3.42. The number of halogens is 2. The van der Waals surface area contributed by atoms with Crippen LogP contribution in [0.5, 0.6) is 0 Å². The molecule has 0 saturated heterocycles. The van der Waals surface area contributed by atoms with Gasteiger partial charge in [0.1, 0.15) is 0 Å². The summed E-state index contributed by atoms with van der Waals surface area (Å²) in [5, 5.41) is 4.43. The highest BCUT2D eigenvalue weighted by molar-refractivity contribution is 9.10. The molecule has 0 saturated carbocycles. The largest absolute Gasteiger partial charge is 0.306 e. The van der Waals surface area contributed by atoms with Gasteiger partial charge in [-0.05, 0) is 35.2 Å². The van der Waals surface area contributed by atoms with Crippen molar-refractivity contribution in [2.24, 2.45) is 0 Å². The first-order chi connectivity index (χ1) is 8.74. The first-order valence-electron chi connectivity index (χ1n) is 5.99. The molecule has 1 unspecified atom stereocenters. The summed E-state index contributed by atoms with van der Waals surface area (Å²) in [6.45, 7) is 0.869. The van der Waals surface area contributed by atoms with Crippen LogP contribution in [0.15, 0.2) is 46.9 Å². The first kappa shape index (κ1) is 12.2. The van der Waals surface area contributed by atoms with Crippen molar-refractivity contribution in [3.8, 4) is 0 Å². The van der Waals surface area contributed by atoms with Gasteiger partial charge in [0.2, 0.25) is 0 Å². The van der Waals surface area contributed by atoms with Gasteiger partial charge in [-0.1, -0.05) is 57.9 Å². The highest BCUT2D eigenvalue weighted by Gasteiger charge is 2.21. The molecule has 0 bridgehead atoms. The van der Waals surface area contributed by atoms with Gasteiger partial charge in [0.05, 0.1) is 0 Å². The molecule has 3 heteroatoms. The molecule has 0 aliphatic carbocycles. The molecule has 1 heterocycles. The summed E-state index contributed by atoms with van der Waals surface area (Å²) in [5.74, 6) is 0. The Morgan fingerprint density at radius 3 is 2.72 bits per heavy atom. The van der Waals surface area contributed by atoms with Gasteiger partial charge in [-0.2, -0.15) is 0 Å². The van der Waals surface area contributed by atoms with E-state index in [2.05, 4.69) is 51.6 Å². The van der Waals surface area contributed by atoms with Crippen LogP contribution >= 0.6 is 27.5 Å². The molecule has 0 amide bonds. The smallest absolute Gasteiger partial charge is 0.0453 e. The van der Waals surface area contributed by atoms with Crippen LogP contribution in [-0.4, -0.2) is 0 Å². The van der Waals surface area contributed by atoms with Gasteiger partial charge in [-0.3, -0.25) is 0 Å². The standard InChI is InChI=1S/C15H13BrClN/c16-12-6-11-9-18-15(8-13(11)14(17)7-12)10-4-2-1-3-5-10/h1-7,15,18H,8-9H2. The lowest BCUT2D eigenvalue weighted by Crippen LogP contribution is -2.28. The second-order valence-corrected chi connectivity index (χ2v) is 5.90. The highest BCUT2D eigenvalue weighted by Crippen LogP contribution is 2.33. The molecular weight excluding hydrogens is 310 g/mol. The molecule has 18 heavy (non-hydrogen) atoms. The Bertz CT molecular complexity index is 568. The van der Waals surface area contributed by atoms with E-state index < -0.39 is 0 Å². The molecule has 1 aliphatic heterocycles. The fraction of sp³-hybridized carbons (Fsp3) is 0.200. The van der Waals surface area contributed by atoms with Gasteiger partial charge in [-0.25, -0.2) is 0 Å². The van der Waals surface area contributed by atoms with E-state index in [0.717, 1.165) is 22.5 Å². The molecule has 1 aliphatic rings. The van der Waals surface area contributed by atoms with E-state index in [-0.39, 0.29) is 0 Å². The van der Waals surface area contributed by atoms with Crippen molar-refractivity contribution in [2.45, 2.75) is 19.0 Å². The summed E-state index contributed by atoms with van der Waals surface area (Å²) in [4.78, 5) is 0. The molecule has 3 rings (SSSR count). The number of hydrogen-bond donors (Lipinski definition) is 1. The molecule has 2 aromatic rings. The van der Waals surface area contributed by atoms with Gasteiger partial charge >= 0.3 is 0 Å². The average molecular weight is 323 g/mol. The first-order valence-corrected chi connectivity index (χ1v) is 7.16. The van der Waals surface area contributed by atoms with Gasteiger partial charge in [-0.15, -0.1) is 0 Å². The Hall–Kier alpha value is -0.830.